The first kappa shape index (κ1) is 15.2. The van der Waals surface area contributed by atoms with Crippen LogP contribution in [0.3, 0.4) is 0 Å². The summed E-state index contributed by atoms with van der Waals surface area (Å²) in [6, 6.07) is 1.68. The second-order valence-corrected chi connectivity index (χ2v) is 4.49. The number of aliphatic carboxylic acids is 1. The highest BCUT2D eigenvalue weighted by molar-refractivity contribution is 5.93. The van der Waals surface area contributed by atoms with Gasteiger partial charge in [0, 0.05) is 6.54 Å². The molecule has 0 radical (unpaired) electrons. The van der Waals surface area contributed by atoms with Crippen LogP contribution in [0.4, 0.5) is 0 Å². The summed E-state index contributed by atoms with van der Waals surface area (Å²) in [5.74, 6) is -1.61. The van der Waals surface area contributed by atoms with Crippen molar-refractivity contribution in [3.05, 3.63) is 17.5 Å². The lowest BCUT2D eigenvalue weighted by Crippen LogP contribution is -2.37. The number of aliphatic hydroxyl groups is 1. The molecule has 0 saturated carbocycles. The Hall–Kier alpha value is -1.89. The Morgan fingerprint density at radius 1 is 1.47 bits per heavy atom. The van der Waals surface area contributed by atoms with Crippen LogP contribution in [0.5, 0.6) is 0 Å². The number of nitrogens with zero attached hydrogens (tertiary/aromatic N) is 2. The van der Waals surface area contributed by atoms with Gasteiger partial charge in [0.1, 0.15) is 5.69 Å². The van der Waals surface area contributed by atoms with Crippen molar-refractivity contribution >= 4 is 11.9 Å². The van der Waals surface area contributed by atoms with Gasteiger partial charge in [0.05, 0.1) is 12.2 Å². The molecule has 1 aromatic heterocycles. The number of hydrogen-bond acceptors (Lipinski definition) is 4. The Bertz CT molecular complexity index is 468. The minimum absolute atomic E-state index is 0.198. The Balaban J connectivity index is 2.78. The van der Waals surface area contributed by atoms with E-state index in [1.54, 1.807) is 10.7 Å². The second-order valence-electron chi connectivity index (χ2n) is 4.49. The van der Waals surface area contributed by atoms with E-state index in [1.165, 1.54) is 0 Å². The molecule has 3 N–H and O–H groups in total. The molecule has 7 heteroatoms. The number of carbonyl (C=O) groups is 2. The quantitative estimate of drug-likeness (QED) is 0.684. The third-order valence-electron chi connectivity index (χ3n) is 2.66. The molecule has 0 bridgehead atoms. The van der Waals surface area contributed by atoms with Crippen LogP contribution < -0.4 is 5.32 Å². The molecule has 0 fully saturated rings. The summed E-state index contributed by atoms with van der Waals surface area (Å²) < 4.78 is 1.55. The van der Waals surface area contributed by atoms with E-state index in [0.717, 1.165) is 5.69 Å². The molecule has 0 spiro atoms. The first-order valence-corrected chi connectivity index (χ1v) is 6.13. The van der Waals surface area contributed by atoms with Crippen LogP contribution in [0, 0.1) is 0 Å². The smallest absolute Gasteiger partial charge is 0.334 e. The van der Waals surface area contributed by atoms with Crippen LogP contribution in [-0.2, 0) is 11.3 Å². The molecule has 0 aromatic carbocycles. The number of rotatable bonds is 6. The van der Waals surface area contributed by atoms with Gasteiger partial charge in [-0.15, -0.1) is 0 Å². The van der Waals surface area contributed by atoms with E-state index in [4.69, 9.17) is 10.2 Å². The van der Waals surface area contributed by atoms with Gasteiger partial charge in [0.2, 0.25) is 0 Å². The van der Waals surface area contributed by atoms with Crippen molar-refractivity contribution in [2.45, 2.75) is 39.3 Å². The molecule has 1 amide bonds. The minimum atomic E-state index is -1.61. The molecule has 0 aliphatic heterocycles. The minimum Gasteiger partial charge on any atom is -0.479 e. The van der Waals surface area contributed by atoms with E-state index >= 15 is 0 Å². The zero-order chi connectivity index (χ0) is 14.6. The van der Waals surface area contributed by atoms with Crippen LogP contribution in [0.25, 0.3) is 0 Å². The topological polar surface area (TPSA) is 104 Å². The van der Waals surface area contributed by atoms with E-state index in [-0.39, 0.29) is 12.5 Å². The first-order chi connectivity index (χ1) is 8.86. The van der Waals surface area contributed by atoms with E-state index in [2.05, 4.69) is 10.4 Å². The summed E-state index contributed by atoms with van der Waals surface area (Å²) in [7, 11) is 0. The number of aromatic nitrogens is 2. The maximum absolute atomic E-state index is 11.9. The summed E-state index contributed by atoms with van der Waals surface area (Å²) in [6.45, 7) is 6.01. The maximum atomic E-state index is 11.9. The Kier molecular flexibility index (Phi) is 5.05. The SMILES string of the molecule is CCn1nc(C(C)C)cc1C(=O)NCC(O)C(=O)O. The van der Waals surface area contributed by atoms with E-state index in [0.29, 0.717) is 12.2 Å². The normalized spacial score (nSPS) is 12.5. The van der Waals surface area contributed by atoms with Gasteiger partial charge >= 0.3 is 5.97 Å². The number of carboxylic acid groups (broad SMARTS) is 1. The highest BCUT2D eigenvalue weighted by Gasteiger charge is 2.19. The van der Waals surface area contributed by atoms with Gasteiger partial charge in [-0.3, -0.25) is 9.48 Å². The highest BCUT2D eigenvalue weighted by Crippen LogP contribution is 2.14. The number of nitrogens with one attached hydrogen (secondary N) is 1. The molecule has 1 atom stereocenters. The number of carbonyl (C=O) groups excluding carboxylic acids is 1. The lowest BCUT2D eigenvalue weighted by molar-refractivity contribution is -0.146. The molecule has 1 heterocycles. The molecule has 0 saturated heterocycles. The van der Waals surface area contributed by atoms with Crippen molar-refractivity contribution in [2.24, 2.45) is 0 Å². The third kappa shape index (κ3) is 3.78. The zero-order valence-corrected chi connectivity index (χ0v) is 11.3. The van der Waals surface area contributed by atoms with E-state index < -0.39 is 18.0 Å². The van der Waals surface area contributed by atoms with Gasteiger partial charge in [-0.25, -0.2) is 4.79 Å². The number of hydrogen-bond donors (Lipinski definition) is 3. The summed E-state index contributed by atoms with van der Waals surface area (Å²) in [5, 5.41) is 24.3. The molecule has 0 aliphatic carbocycles. The van der Waals surface area contributed by atoms with Gasteiger partial charge in [-0.1, -0.05) is 13.8 Å². The van der Waals surface area contributed by atoms with Gasteiger partial charge < -0.3 is 15.5 Å². The Morgan fingerprint density at radius 3 is 2.58 bits per heavy atom. The zero-order valence-electron chi connectivity index (χ0n) is 11.3. The number of carboxylic acids is 1. The Morgan fingerprint density at radius 2 is 2.11 bits per heavy atom. The van der Waals surface area contributed by atoms with Crippen LogP contribution in [0.2, 0.25) is 0 Å². The molecule has 106 valence electrons. The van der Waals surface area contributed by atoms with Crippen LogP contribution in [0.15, 0.2) is 6.07 Å². The van der Waals surface area contributed by atoms with Crippen molar-refractivity contribution < 1.29 is 19.8 Å². The largest absolute Gasteiger partial charge is 0.479 e. The number of aliphatic hydroxyl groups excluding tert-OH is 1. The second kappa shape index (κ2) is 6.33. The average molecular weight is 269 g/mol. The molecule has 1 aromatic rings. The fraction of sp³-hybridized carbons (Fsp3) is 0.583. The van der Waals surface area contributed by atoms with Crippen LogP contribution in [0.1, 0.15) is 42.9 Å². The molecule has 0 aliphatic rings. The lowest BCUT2D eigenvalue weighted by atomic mass is 10.1. The first-order valence-electron chi connectivity index (χ1n) is 6.13. The molecular formula is C12H19N3O4. The predicted octanol–water partition coefficient (Wildman–Crippen LogP) is 0.202. The molecule has 19 heavy (non-hydrogen) atoms. The van der Waals surface area contributed by atoms with Gasteiger partial charge in [-0.05, 0) is 18.9 Å². The molecular weight excluding hydrogens is 250 g/mol. The number of aryl methyl sites for hydroxylation is 1. The summed E-state index contributed by atoms with van der Waals surface area (Å²) in [4.78, 5) is 22.4. The lowest BCUT2D eigenvalue weighted by Gasteiger charge is -2.08. The number of amides is 1. The summed E-state index contributed by atoms with van der Waals surface area (Å²) in [5.41, 5.74) is 1.16. The van der Waals surface area contributed by atoms with Crippen LogP contribution >= 0.6 is 0 Å². The van der Waals surface area contributed by atoms with Gasteiger partial charge in [-0.2, -0.15) is 5.10 Å². The maximum Gasteiger partial charge on any atom is 0.334 e. The van der Waals surface area contributed by atoms with Crippen molar-refractivity contribution in [3.63, 3.8) is 0 Å². The van der Waals surface area contributed by atoms with Crippen molar-refractivity contribution in [3.8, 4) is 0 Å². The van der Waals surface area contributed by atoms with E-state index in [9.17, 15) is 9.59 Å². The fourth-order valence-corrected chi connectivity index (χ4v) is 1.51. The molecule has 7 nitrogen and oxygen atoms in total. The molecule has 1 rings (SSSR count). The summed E-state index contributed by atoms with van der Waals surface area (Å²) in [6.07, 6.45) is -1.61. The van der Waals surface area contributed by atoms with E-state index in [1.807, 2.05) is 20.8 Å². The van der Waals surface area contributed by atoms with Crippen molar-refractivity contribution in [1.29, 1.82) is 0 Å². The van der Waals surface area contributed by atoms with Gasteiger partial charge in [0.25, 0.3) is 5.91 Å². The molecule has 1 unspecified atom stereocenters. The monoisotopic (exact) mass is 269 g/mol. The van der Waals surface area contributed by atoms with Crippen molar-refractivity contribution in [2.75, 3.05) is 6.54 Å². The van der Waals surface area contributed by atoms with Gasteiger partial charge in [0.15, 0.2) is 6.10 Å². The fourth-order valence-electron chi connectivity index (χ4n) is 1.51. The highest BCUT2D eigenvalue weighted by atomic mass is 16.4. The van der Waals surface area contributed by atoms with Crippen molar-refractivity contribution in [1.82, 2.24) is 15.1 Å². The predicted molar refractivity (Wildman–Crippen MR) is 68.0 cm³/mol. The average Bonchev–Trinajstić information content (AvgIpc) is 2.79. The summed E-state index contributed by atoms with van der Waals surface area (Å²) >= 11 is 0. The Labute approximate surface area is 111 Å². The third-order valence-corrected chi connectivity index (χ3v) is 2.66. The standard InChI is InChI=1S/C12H19N3O4/c1-4-15-9(5-8(14-15)7(2)3)11(17)13-6-10(16)12(18)19/h5,7,10,16H,4,6H2,1-3H3,(H,13,17)(H,18,19). The van der Waals surface area contributed by atoms with Crippen LogP contribution in [-0.4, -0.2) is 44.5 Å².